The molecule has 1 aromatic heterocycles. The van der Waals surface area contributed by atoms with Gasteiger partial charge in [-0.2, -0.15) is 12.6 Å². The number of carbonyl (C=O) groups is 1. The summed E-state index contributed by atoms with van der Waals surface area (Å²) in [4.78, 5) is 22.5. The minimum Gasteiger partial charge on any atom is -0.408 e. The van der Waals surface area contributed by atoms with Crippen LogP contribution in [0.15, 0.2) is 27.4 Å². The first-order chi connectivity index (χ1) is 7.13. The highest BCUT2D eigenvalue weighted by molar-refractivity contribution is 7.81. The first kappa shape index (κ1) is 10.0. The summed E-state index contributed by atoms with van der Waals surface area (Å²) < 4.78 is 6.36. The largest absolute Gasteiger partial charge is 0.419 e. The lowest BCUT2D eigenvalue weighted by molar-refractivity contribution is 0.102. The summed E-state index contributed by atoms with van der Waals surface area (Å²) in [6, 6.07) is 4.92. The number of aromatic nitrogens is 1. The highest BCUT2D eigenvalue weighted by Crippen LogP contribution is 2.14. The fraction of sp³-hybridized carbons (Fsp3) is 0.200. The first-order valence-corrected chi connectivity index (χ1v) is 5.00. The molecule has 0 spiro atoms. The second-order valence-electron chi connectivity index (χ2n) is 3.19. The summed E-state index contributed by atoms with van der Waals surface area (Å²) in [5.41, 5.74) is 1.61. The minimum atomic E-state index is -0.430. The molecule has 15 heavy (non-hydrogen) atoms. The number of ketones is 1. The number of aryl methyl sites for hydroxylation is 1. The zero-order valence-corrected chi connectivity index (χ0v) is 8.95. The van der Waals surface area contributed by atoms with Crippen LogP contribution < -0.4 is 5.76 Å². The molecule has 4 nitrogen and oxygen atoms in total. The molecule has 0 aliphatic carbocycles. The standard InChI is InChI=1S/C10H9NO3S/c1-11-7-3-2-6(8(12)5-15)4-9(7)14-10(11)13/h2-4,15H,5H2,1H3. The summed E-state index contributed by atoms with van der Waals surface area (Å²) >= 11 is 3.90. The van der Waals surface area contributed by atoms with E-state index in [0.717, 1.165) is 0 Å². The number of thiol groups is 1. The Morgan fingerprint density at radius 1 is 1.53 bits per heavy atom. The molecule has 0 atom stereocenters. The Kier molecular flexibility index (Phi) is 2.40. The van der Waals surface area contributed by atoms with Gasteiger partial charge in [-0.15, -0.1) is 0 Å². The highest BCUT2D eigenvalue weighted by atomic mass is 32.1. The average Bonchev–Trinajstić information content (AvgIpc) is 2.53. The fourth-order valence-electron chi connectivity index (χ4n) is 1.40. The van der Waals surface area contributed by atoms with E-state index in [1.807, 2.05) is 0 Å². The molecular formula is C10H9NO3S. The van der Waals surface area contributed by atoms with Gasteiger partial charge in [0.05, 0.1) is 11.3 Å². The van der Waals surface area contributed by atoms with Crippen molar-refractivity contribution in [3.8, 4) is 0 Å². The third-order valence-corrected chi connectivity index (χ3v) is 2.55. The number of hydrogen-bond donors (Lipinski definition) is 1. The van der Waals surface area contributed by atoms with E-state index in [1.54, 1.807) is 25.2 Å². The molecule has 0 radical (unpaired) electrons. The van der Waals surface area contributed by atoms with Crippen LogP contribution in [0.25, 0.3) is 11.1 Å². The third kappa shape index (κ3) is 1.59. The second-order valence-corrected chi connectivity index (χ2v) is 3.51. The molecule has 0 unspecified atom stereocenters. The molecule has 2 aromatic rings. The molecule has 1 aromatic carbocycles. The van der Waals surface area contributed by atoms with Crippen molar-refractivity contribution >= 4 is 29.5 Å². The predicted octanol–water partition coefficient (Wildman–Crippen LogP) is 1.24. The Morgan fingerprint density at radius 3 is 2.93 bits per heavy atom. The van der Waals surface area contributed by atoms with E-state index in [1.165, 1.54) is 4.57 Å². The van der Waals surface area contributed by atoms with Gasteiger partial charge in [0.2, 0.25) is 0 Å². The van der Waals surface area contributed by atoms with Gasteiger partial charge in [-0.25, -0.2) is 4.79 Å². The van der Waals surface area contributed by atoms with Crippen LogP contribution in [0.1, 0.15) is 10.4 Å². The van der Waals surface area contributed by atoms with Crippen molar-refractivity contribution in [2.24, 2.45) is 7.05 Å². The number of carbonyl (C=O) groups excluding carboxylic acids is 1. The van der Waals surface area contributed by atoms with Crippen LogP contribution >= 0.6 is 12.6 Å². The van der Waals surface area contributed by atoms with Crippen LogP contribution in [0.5, 0.6) is 0 Å². The zero-order valence-electron chi connectivity index (χ0n) is 8.06. The van der Waals surface area contributed by atoms with Crippen molar-refractivity contribution in [2.75, 3.05) is 5.75 Å². The maximum absolute atomic E-state index is 11.3. The van der Waals surface area contributed by atoms with Gasteiger partial charge in [-0.05, 0) is 18.2 Å². The summed E-state index contributed by atoms with van der Waals surface area (Å²) in [6.45, 7) is 0. The predicted molar refractivity (Wildman–Crippen MR) is 59.6 cm³/mol. The van der Waals surface area contributed by atoms with E-state index in [4.69, 9.17) is 4.42 Å². The molecule has 1 heterocycles. The van der Waals surface area contributed by atoms with E-state index in [-0.39, 0.29) is 11.5 Å². The van der Waals surface area contributed by atoms with Crippen LogP contribution in [-0.2, 0) is 7.05 Å². The Morgan fingerprint density at radius 2 is 2.27 bits per heavy atom. The first-order valence-electron chi connectivity index (χ1n) is 4.37. The van der Waals surface area contributed by atoms with E-state index >= 15 is 0 Å². The summed E-state index contributed by atoms with van der Waals surface area (Å²) in [5, 5.41) is 0. The maximum atomic E-state index is 11.3. The average molecular weight is 223 g/mol. The maximum Gasteiger partial charge on any atom is 0.419 e. The van der Waals surface area contributed by atoms with E-state index in [0.29, 0.717) is 16.7 Å². The molecule has 0 saturated carbocycles. The number of Topliss-reactive ketones (excluding diaryl/α,β-unsaturated/α-hetero) is 1. The van der Waals surface area contributed by atoms with Gasteiger partial charge in [0.1, 0.15) is 0 Å². The molecule has 78 valence electrons. The highest BCUT2D eigenvalue weighted by Gasteiger charge is 2.09. The van der Waals surface area contributed by atoms with Crippen molar-refractivity contribution in [1.82, 2.24) is 4.57 Å². The monoisotopic (exact) mass is 223 g/mol. The number of fused-ring (bicyclic) bond motifs is 1. The number of rotatable bonds is 2. The van der Waals surface area contributed by atoms with Gasteiger partial charge in [0, 0.05) is 12.6 Å². The Bertz CT molecular complexity index is 582. The smallest absolute Gasteiger partial charge is 0.408 e. The minimum absolute atomic E-state index is 0.0910. The number of nitrogens with zero attached hydrogens (tertiary/aromatic N) is 1. The van der Waals surface area contributed by atoms with Crippen LogP contribution in [0.3, 0.4) is 0 Å². The Labute approximate surface area is 90.9 Å². The summed E-state index contributed by atoms with van der Waals surface area (Å²) in [7, 11) is 1.62. The molecule has 0 amide bonds. The van der Waals surface area contributed by atoms with Crippen molar-refractivity contribution < 1.29 is 9.21 Å². The van der Waals surface area contributed by atoms with Crippen molar-refractivity contribution in [1.29, 1.82) is 0 Å². The van der Waals surface area contributed by atoms with Gasteiger partial charge < -0.3 is 4.42 Å². The summed E-state index contributed by atoms with van der Waals surface area (Å²) in [6.07, 6.45) is 0. The lowest BCUT2D eigenvalue weighted by atomic mass is 10.1. The molecular weight excluding hydrogens is 214 g/mol. The number of benzene rings is 1. The number of oxazole rings is 1. The van der Waals surface area contributed by atoms with Gasteiger partial charge in [-0.3, -0.25) is 9.36 Å². The molecule has 5 heteroatoms. The SMILES string of the molecule is Cn1c(=O)oc2cc(C(=O)CS)ccc21. The van der Waals surface area contributed by atoms with Crippen LogP contribution in [-0.4, -0.2) is 16.1 Å². The molecule has 0 aliphatic rings. The lowest BCUT2D eigenvalue weighted by Crippen LogP contribution is -2.08. The third-order valence-electron chi connectivity index (χ3n) is 2.26. The van der Waals surface area contributed by atoms with E-state index in [9.17, 15) is 9.59 Å². The fourth-order valence-corrected chi connectivity index (χ4v) is 1.58. The Hall–Kier alpha value is -1.49. The van der Waals surface area contributed by atoms with Gasteiger partial charge in [0.15, 0.2) is 11.4 Å². The normalized spacial score (nSPS) is 10.8. The van der Waals surface area contributed by atoms with Gasteiger partial charge in [0.25, 0.3) is 0 Å². The molecule has 0 fully saturated rings. The topological polar surface area (TPSA) is 52.2 Å². The van der Waals surface area contributed by atoms with Crippen LogP contribution in [0.4, 0.5) is 0 Å². The zero-order chi connectivity index (χ0) is 11.0. The van der Waals surface area contributed by atoms with Crippen molar-refractivity contribution in [3.63, 3.8) is 0 Å². The van der Waals surface area contributed by atoms with Gasteiger partial charge in [-0.1, -0.05) is 0 Å². The lowest BCUT2D eigenvalue weighted by Gasteiger charge is -1.96. The van der Waals surface area contributed by atoms with E-state index in [2.05, 4.69) is 12.6 Å². The number of hydrogen-bond acceptors (Lipinski definition) is 4. The molecule has 2 rings (SSSR count). The molecule has 0 saturated heterocycles. The van der Waals surface area contributed by atoms with Crippen LogP contribution in [0, 0.1) is 0 Å². The van der Waals surface area contributed by atoms with Crippen molar-refractivity contribution in [2.45, 2.75) is 0 Å². The van der Waals surface area contributed by atoms with Crippen molar-refractivity contribution in [3.05, 3.63) is 34.3 Å². The van der Waals surface area contributed by atoms with Gasteiger partial charge >= 0.3 is 5.76 Å². The quantitative estimate of drug-likeness (QED) is 0.615. The Balaban J connectivity index is 2.67. The molecule has 0 bridgehead atoms. The van der Waals surface area contributed by atoms with Crippen LogP contribution in [0.2, 0.25) is 0 Å². The van der Waals surface area contributed by atoms with E-state index < -0.39 is 5.76 Å². The molecule has 0 N–H and O–H groups in total. The molecule has 0 aliphatic heterocycles. The second kappa shape index (κ2) is 3.58. The summed E-state index contributed by atoms with van der Waals surface area (Å²) in [5.74, 6) is -0.380.